The Kier molecular flexibility index (Phi) is 7.10. The van der Waals surface area contributed by atoms with E-state index in [1.54, 1.807) is 12.1 Å². The molecule has 1 amide bonds. The van der Waals surface area contributed by atoms with Crippen molar-refractivity contribution in [1.29, 1.82) is 0 Å². The number of ether oxygens (including phenoxy) is 1. The van der Waals surface area contributed by atoms with E-state index in [0.29, 0.717) is 28.5 Å². The van der Waals surface area contributed by atoms with E-state index in [1.165, 1.54) is 6.20 Å². The van der Waals surface area contributed by atoms with Crippen LogP contribution in [0.3, 0.4) is 0 Å². The molecule has 166 valence electrons. The number of nitrogens with one attached hydrogen (secondary N) is 1. The molecule has 1 N–H and O–H groups in total. The van der Waals surface area contributed by atoms with Crippen molar-refractivity contribution in [3.63, 3.8) is 0 Å². The summed E-state index contributed by atoms with van der Waals surface area (Å²) >= 11 is 5.91. The second kappa shape index (κ2) is 9.98. The molecule has 0 aliphatic carbocycles. The van der Waals surface area contributed by atoms with Gasteiger partial charge < -0.3 is 19.9 Å². The summed E-state index contributed by atoms with van der Waals surface area (Å²) in [4.78, 5) is 22.2. The number of anilines is 2. The molecule has 0 bridgehead atoms. The fraction of sp³-hybridized carbons (Fsp3) is 0.500. The maximum absolute atomic E-state index is 13.1. The second-order valence-electron chi connectivity index (χ2n) is 8.56. The molecule has 31 heavy (non-hydrogen) atoms. The number of pyridine rings is 1. The van der Waals surface area contributed by atoms with Gasteiger partial charge in [-0.2, -0.15) is 0 Å². The number of hydrogen-bond donors (Lipinski definition) is 1. The lowest BCUT2D eigenvalue weighted by molar-refractivity contribution is 0.0253. The summed E-state index contributed by atoms with van der Waals surface area (Å²) in [5, 5.41) is 3.45. The molecule has 2 fully saturated rings. The molecule has 2 aliphatic heterocycles. The van der Waals surface area contributed by atoms with Gasteiger partial charge >= 0.3 is 0 Å². The number of carbonyl (C=O) groups excluding carboxylic acids is 1. The fourth-order valence-corrected chi connectivity index (χ4v) is 4.77. The van der Waals surface area contributed by atoms with Crippen molar-refractivity contribution >= 4 is 29.0 Å². The first kappa shape index (κ1) is 22.1. The molecule has 0 unspecified atom stereocenters. The van der Waals surface area contributed by atoms with E-state index in [2.05, 4.69) is 39.3 Å². The van der Waals surface area contributed by atoms with Gasteiger partial charge in [0.25, 0.3) is 5.91 Å². The molecule has 0 saturated carbocycles. The molecular weight excluding hydrogens is 412 g/mol. The van der Waals surface area contributed by atoms with E-state index >= 15 is 0 Å². The Bertz CT molecular complexity index is 891. The standard InChI is InChI=1S/C24H31ClN4O2/c1-17-3-5-22(21(15-17)24(30)27-23-6-4-18(25)16-26-23)28(2)19-7-11-29(12-8-19)20-9-13-31-14-10-20/h3-6,15-16,19-20H,7-14H2,1-2H3,(H,26,27,30). The summed E-state index contributed by atoms with van der Waals surface area (Å²) < 4.78 is 5.52. The summed E-state index contributed by atoms with van der Waals surface area (Å²) in [6.07, 6.45) is 6.01. The number of halogens is 1. The highest BCUT2D eigenvalue weighted by molar-refractivity contribution is 6.30. The van der Waals surface area contributed by atoms with E-state index in [9.17, 15) is 4.79 Å². The average molecular weight is 443 g/mol. The van der Waals surface area contributed by atoms with Crippen LogP contribution in [0.2, 0.25) is 5.02 Å². The van der Waals surface area contributed by atoms with Crippen LogP contribution < -0.4 is 10.2 Å². The van der Waals surface area contributed by atoms with E-state index in [4.69, 9.17) is 16.3 Å². The Morgan fingerprint density at radius 2 is 1.90 bits per heavy atom. The monoisotopic (exact) mass is 442 g/mol. The maximum Gasteiger partial charge on any atom is 0.258 e. The number of aryl methyl sites for hydroxylation is 1. The second-order valence-corrected chi connectivity index (χ2v) is 8.99. The number of carbonyl (C=O) groups is 1. The minimum Gasteiger partial charge on any atom is -0.381 e. The summed E-state index contributed by atoms with van der Waals surface area (Å²) in [7, 11) is 2.11. The molecule has 3 heterocycles. The van der Waals surface area contributed by atoms with Crippen molar-refractivity contribution in [3.8, 4) is 0 Å². The molecule has 2 aromatic rings. The first-order chi connectivity index (χ1) is 15.0. The average Bonchev–Trinajstić information content (AvgIpc) is 2.81. The van der Waals surface area contributed by atoms with E-state index in [-0.39, 0.29) is 5.91 Å². The van der Waals surface area contributed by atoms with E-state index in [1.807, 2.05) is 13.0 Å². The Hall–Kier alpha value is -2.15. The summed E-state index contributed by atoms with van der Waals surface area (Å²) in [6, 6.07) is 10.6. The predicted octanol–water partition coefficient (Wildman–Crippen LogP) is 4.38. The first-order valence-corrected chi connectivity index (χ1v) is 11.5. The van der Waals surface area contributed by atoms with Crippen LogP contribution in [-0.2, 0) is 4.74 Å². The lowest BCUT2D eigenvalue weighted by Gasteiger charge is -2.42. The third-order valence-corrected chi connectivity index (χ3v) is 6.72. The number of hydrogen-bond acceptors (Lipinski definition) is 5. The quantitative estimate of drug-likeness (QED) is 0.744. The normalized spacial score (nSPS) is 18.7. The number of piperidine rings is 1. The van der Waals surface area contributed by atoms with Crippen LogP contribution in [0.1, 0.15) is 41.6 Å². The van der Waals surface area contributed by atoms with Crippen LogP contribution in [0.4, 0.5) is 11.5 Å². The van der Waals surface area contributed by atoms with Crippen molar-refractivity contribution < 1.29 is 9.53 Å². The van der Waals surface area contributed by atoms with Crippen molar-refractivity contribution in [1.82, 2.24) is 9.88 Å². The molecule has 4 rings (SSSR count). The molecule has 0 atom stereocenters. The van der Waals surface area contributed by atoms with Crippen LogP contribution in [0, 0.1) is 6.92 Å². The van der Waals surface area contributed by atoms with Crippen LogP contribution in [0.25, 0.3) is 0 Å². The summed E-state index contributed by atoms with van der Waals surface area (Å²) in [5.74, 6) is 0.342. The van der Waals surface area contributed by atoms with Crippen molar-refractivity contribution in [2.24, 2.45) is 0 Å². The molecule has 1 aromatic carbocycles. The Morgan fingerprint density at radius 1 is 1.16 bits per heavy atom. The van der Waals surface area contributed by atoms with Gasteiger partial charge in [-0.15, -0.1) is 0 Å². The largest absolute Gasteiger partial charge is 0.381 e. The number of benzene rings is 1. The number of nitrogens with zero attached hydrogens (tertiary/aromatic N) is 3. The fourth-order valence-electron chi connectivity index (χ4n) is 4.66. The van der Waals surface area contributed by atoms with Gasteiger partial charge in [0.2, 0.25) is 0 Å². The molecule has 7 heteroatoms. The smallest absolute Gasteiger partial charge is 0.258 e. The van der Waals surface area contributed by atoms with Crippen LogP contribution in [0.5, 0.6) is 0 Å². The molecule has 6 nitrogen and oxygen atoms in total. The highest BCUT2D eigenvalue weighted by atomic mass is 35.5. The number of aromatic nitrogens is 1. The van der Waals surface area contributed by atoms with Gasteiger partial charge in [-0.1, -0.05) is 23.2 Å². The zero-order valence-corrected chi connectivity index (χ0v) is 19.1. The molecule has 1 aromatic heterocycles. The Balaban J connectivity index is 1.45. The minimum absolute atomic E-state index is 0.153. The highest BCUT2D eigenvalue weighted by Gasteiger charge is 2.29. The lowest BCUT2D eigenvalue weighted by Crippen LogP contribution is -2.48. The van der Waals surface area contributed by atoms with Gasteiger partial charge in [0.05, 0.1) is 10.6 Å². The van der Waals surface area contributed by atoms with Crippen LogP contribution >= 0.6 is 11.6 Å². The Labute approximate surface area is 189 Å². The van der Waals surface area contributed by atoms with Crippen molar-refractivity contribution in [3.05, 3.63) is 52.7 Å². The number of amides is 1. The minimum atomic E-state index is -0.153. The lowest BCUT2D eigenvalue weighted by atomic mass is 9.97. The molecule has 2 aliphatic rings. The summed E-state index contributed by atoms with van der Waals surface area (Å²) in [5.41, 5.74) is 2.69. The SMILES string of the molecule is Cc1ccc(N(C)C2CCN(C3CCOCC3)CC2)c(C(=O)Nc2ccc(Cl)cn2)c1. The molecule has 0 spiro atoms. The molecular formula is C24H31ClN4O2. The van der Waals surface area contributed by atoms with Gasteiger partial charge in [0, 0.05) is 57.3 Å². The Morgan fingerprint density at radius 3 is 2.58 bits per heavy atom. The molecule has 2 saturated heterocycles. The van der Waals surface area contributed by atoms with Crippen molar-refractivity contribution in [2.75, 3.05) is 43.6 Å². The summed E-state index contributed by atoms with van der Waals surface area (Å²) in [6.45, 7) is 5.97. The van der Waals surface area contributed by atoms with Gasteiger partial charge in [0.1, 0.15) is 5.82 Å². The van der Waals surface area contributed by atoms with Crippen LogP contribution in [0.15, 0.2) is 36.5 Å². The van der Waals surface area contributed by atoms with E-state index in [0.717, 1.165) is 63.2 Å². The maximum atomic E-state index is 13.1. The van der Waals surface area contributed by atoms with Crippen molar-refractivity contribution in [2.45, 2.75) is 44.7 Å². The van der Waals surface area contributed by atoms with Gasteiger partial charge in [-0.05, 0) is 56.9 Å². The number of likely N-dealkylation sites (tertiary alicyclic amines) is 1. The zero-order valence-electron chi connectivity index (χ0n) is 18.3. The third-order valence-electron chi connectivity index (χ3n) is 6.50. The van der Waals surface area contributed by atoms with Gasteiger partial charge in [0.15, 0.2) is 0 Å². The predicted molar refractivity (Wildman–Crippen MR) is 125 cm³/mol. The highest BCUT2D eigenvalue weighted by Crippen LogP contribution is 2.29. The van der Waals surface area contributed by atoms with E-state index < -0.39 is 0 Å². The van der Waals surface area contributed by atoms with Gasteiger partial charge in [-0.3, -0.25) is 4.79 Å². The first-order valence-electron chi connectivity index (χ1n) is 11.1. The topological polar surface area (TPSA) is 57.7 Å². The molecule has 0 radical (unpaired) electrons. The third kappa shape index (κ3) is 5.37. The van der Waals surface area contributed by atoms with Gasteiger partial charge in [-0.25, -0.2) is 4.98 Å². The zero-order chi connectivity index (χ0) is 21.8. The van der Waals surface area contributed by atoms with Crippen LogP contribution in [-0.4, -0.2) is 61.2 Å². The number of rotatable bonds is 5.